The number of esters is 1. The van der Waals surface area contributed by atoms with Crippen molar-refractivity contribution in [2.24, 2.45) is 5.73 Å². The normalized spacial score (nSPS) is 12.2. The van der Waals surface area contributed by atoms with Crippen LogP contribution >= 0.6 is 15.9 Å². The third-order valence-corrected chi connectivity index (χ3v) is 2.51. The molecule has 82 valence electrons. The molecule has 0 amide bonds. The fraction of sp³-hybridized carbons (Fsp3) is 0.364. The molecule has 2 N–H and O–H groups in total. The maximum Gasteiger partial charge on any atom is 0.323 e. The van der Waals surface area contributed by atoms with Gasteiger partial charge in [-0.15, -0.1) is 0 Å². The third-order valence-electron chi connectivity index (χ3n) is 2.01. The second kappa shape index (κ2) is 5.88. The second-order valence-corrected chi connectivity index (χ2v) is 4.17. The Bertz CT molecular complexity index is 341. The van der Waals surface area contributed by atoms with Crippen molar-refractivity contribution >= 4 is 21.9 Å². The second-order valence-electron chi connectivity index (χ2n) is 3.25. The number of rotatable bonds is 4. The summed E-state index contributed by atoms with van der Waals surface area (Å²) in [5.74, 6) is -0.350. The molecule has 3 nitrogen and oxygen atoms in total. The molecule has 1 rings (SSSR count). The lowest BCUT2D eigenvalue weighted by molar-refractivity contribution is -0.146. The van der Waals surface area contributed by atoms with Crippen LogP contribution in [0.15, 0.2) is 28.7 Å². The van der Waals surface area contributed by atoms with Crippen LogP contribution in [0.5, 0.6) is 0 Å². The van der Waals surface area contributed by atoms with Crippen LogP contribution in [0.3, 0.4) is 0 Å². The zero-order chi connectivity index (χ0) is 11.3. The highest BCUT2D eigenvalue weighted by molar-refractivity contribution is 9.10. The molecule has 4 heteroatoms. The van der Waals surface area contributed by atoms with Gasteiger partial charge in [0.25, 0.3) is 0 Å². The highest BCUT2D eigenvalue weighted by Gasteiger charge is 2.12. The van der Waals surface area contributed by atoms with Crippen molar-refractivity contribution in [2.75, 3.05) is 0 Å². The van der Waals surface area contributed by atoms with E-state index in [1.165, 1.54) is 0 Å². The molecule has 0 saturated heterocycles. The fourth-order valence-corrected chi connectivity index (χ4v) is 1.50. The minimum Gasteiger partial charge on any atom is -0.460 e. The van der Waals surface area contributed by atoms with Gasteiger partial charge < -0.3 is 10.5 Å². The number of halogens is 1. The van der Waals surface area contributed by atoms with Gasteiger partial charge in [0.2, 0.25) is 0 Å². The maximum atomic E-state index is 11.3. The summed E-state index contributed by atoms with van der Waals surface area (Å²) in [6.07, 6.45) is 0.595. The Morgan fingerprint density at radius 3 is 2.93 bits per heavy atom. The van der Waals surface area contributed by atoms with Crippen LogP contribution in [0.2, 0.25) is 0 Å². The van der Waals surface area contributed by atoms with Gasteiger partial charge in [-0.1, -0.05) is 35.0 Å². The Morgan fingerprint density at radius 1 is 1.60 bits per heavy atom. The van der Waals surface area contributed by atoms with Gasteiger partial charge in [0.1, 0.15) is 12.6 Å². The van der Waals surface area contributed by atoms with E-state index < -0.39 is 6.04 Å². The SMILES string of the molecule is CC[C@@H](N)C(=O)OCc1cccc(Br)c1. The standard InChI is InChI=1S/C11H14BrNO2/c1-2-10(13)11(14)15-7-8-4-3-5-9(12)6-8/h3-6,10H,2,7,13H2,1H3/t10-/m1/s1. The van der Waals surface area contributed by atoms with E-state index in [0.29, 0.717) is 6.42 Å². The van der Waals surface area contributed by atoms with Crippen LogP contribution in [0.4, 0.5) is 0 Å². The molecule has 0 heterocycles. The maximum absolute atomic E-state index is 11.3. The molecule has 0 bridgehead atoms. The molecule has 0 aromatic heterocycles. The Hall–Kier alpha value is -0.870. The molecule has 0 saturated carbocycles. The third kappa shape index (κ3) is 4.01. The van der Waals surface area contributed by atoms with Gasteiger partial charge >= 0.3 is 5.97 Å². The predicted molar refractivity (Wildman–Crippen MR) is 62.2 cm³/mol. The van der Waals surface area contributed by atoms with Crippen molar-refractivity contribution in [2.45, 2.75) is 26.0 Å². The first-order chi connectivity index (χ1) is 7.13. The molecule has 1 aromatic carbocycles. The minimum atomic E-state index is -0.517. The molecule has 0 aliphatic heterocycles. The summed E-state index contributed by atoms with van der Waals surface area (Å²) >= 11 is 3.35. The van der Waals surface area contributed by atoms with Gasteiger partial charge in [-0.2, -0.15) is 0 Å². The van der Waals surface area contributed by atoms with Gasteiger partial charge in [0.15, 0.2) is 0 Å². The lowest BCUT2D eigenvalue weighted by atomic mass is 10.2. The van der Waals surface area contributed by atoms with Crippen molar-refractivity contribution in [3.8, 4) is 0 Å². The van der Waals surface area contributed by atoms with E-state index in [1.807, 2.05) is 31.2 Å². The first-order valence-electron chi connectivity index (χ1n) is 4.80. The lowest BCUT2D eigenvalue weighted by Gasteiger charge is -2.09. The van der Waals surface area contributed by atoms with Gasteiger partial charge in [0, 0.05) is 4.47 Å². The molecule has 1 atom stereocenters. The quantitative estimate of drug-likeness (QED) is 0.855. The smallest absolute Gasteiger partial charge is 0.323 e. The van der Waals surface area contributed by atoms with Crippen LogP contribution in [0.1, 0.15) is 18.9 Å². The van der Waals surface area contributed by atoms with Crippen molar-refractivity contribution in [3.05, 3.63) is 34.3 Å². The monoisotopic (exact) mass is 271 g/mol. The summed E-state index contributed by atoms with van der Waals surface area (Å²) in [6.45, 7) is 2.12. The zero-order valence-electron chi connectivity index (χ0n) is 8.57. The van der Waals surface area contributed by atoms with Crippen LogP contribution in [-0.4, -0.2) is 12.0 Å². The minimum absolute atomic E-state index is 0.270. The van der Waals surface area contributed by atoms with E-state index in [-0.39, 0.29) is 12.6 Å². The molecule has 0 unspecified atom stereocenters. The number of carbonyl (C=O) groups excluding carboxylic acids is 1. The molecule has 0 fully saturated rings. The summed E-state index contributed by atoms with van der Waals surface area (Å²) in [5.41, 5.74) is 6.47. The van der Waals surface area contributed by atoms with Gasteiger partial charge in [-0.25, -0.2) is 0 Å². The molecule has 0 aliphatic carbocycles. The molecular formula is C11H14BrNO2. The van der Waals surface area contributed by atoms with E-state index in [2.05, 4.69) is 15.9 Å². The lowest BCUT2D eigenvalue weighted by Crippen LogP contribution is -2.31. The summed E-state index contributed by atoms with van der Waals surface area (Å²) in [5, 5.41) is 0. The molecule has 0 spiro atoms. The molecular weight excluding hydrogens is 258 g/mol. The first kappa shape index (κ1) is 12.2. The Morgan fingerprint density at radius 2 is 2.33 bits per heavy atom. The van der Waals surface area contributed by atoms with Crippen LogP contribution in [-0.2, 0) is 16.1 Å². The van der Waals surface area contributed by atoms with Crippen molar-refractivity contribution < 1.29 is 9.53 Å². The van der Waals surface area contributed by atoms with Crippen LogP contribution < -0.4 is 5.73 Å². The average Bonchev–Trinajstić information content (AvgIpc) is 2.25. The van der Waals surface area contributed by atoms with E-state index in [1.54, 1.807) is 0 Å². The topological polar surface area (TPSA) is 52.3 Å². The fourth-order valence-electron chi connectivity index (χ4n) is 1.05. The van der Waals surface area contributed by atoms with Crippen molar-refractivity contribution in [3.63, 3.8) is 0 Å². The summed E-state index contributed by atoms with van der Waals surface area (Å²) in [6, 6.07) is 7.10. The Labute approximate surface area is 97.7 Å². The predicted octanol–water partition coefficient (Wildman–Crippen LogP) is 2.23. The summed E-state index contributed by atoms with van der Waals surface area (Å²) in [7, 11) is 0. The summed E-state index contributed by atoms with van der Waals surface area (Å²) in [4.78, 5) is 11.3. The number of hydrogen-bond acceptors (Lipinski definition) is 3. The average molecular weight is 272 g/mol. The molecule has 15 heavy (non-hydrogen) atoms. The van der Waals surface area contributed by atoms with E-state index >= 15 is 0 Å². The Balaban J connectivity index is 2.47. The Kier molecular flexibility index (Phi) is 4.78. The summed E-state index contributed by atoms with van der Waals surface area (Å²) < 4.78 is 6.02. The van der Waals surface area contributed by atoms with E-state index in [0.717, 1.165) is 10.0 Å². The van der Waals surface area contributed by atoms with Gasteiger partial charge in [0.05, 0.1) is 0 Å². The van der Waals surface area contributed by atoms with E-state index in [4.69, 9.17) is 10.5 Å². The number of carbonyl (C=O) groups is 1. The highest BCUT2D eigenvalue weighted by atomic mass is 79.9. The van der Waals surface area contributed by atoms with Crippen molar-refractivity contribution in [1.82, 2.24) is 0 Å². The van der Waals surface area contributed by atoms with Crippen LogP contribution in [0.25, 0.3) is 0 Å². The molecule has 0 aliphatic rings. The zero-order valence-corrected chi connectivity index (χ0v) is 10.2. The number of hydrogen-bond donors (Lipinski definition) is 1. The molecule has 1 aromatic rings. The van der Waals surface area contributed by atoms with Crippen molar-refractivity contribution in [1.29, 1.82) is 0 Å². The largest absolute Gasteiger partial charge is 0.460 e. The van der Waals surface area contributed by atoms with Gasteiger partial charge in [-0.05, 0) is 24.1 Å². The first-order valence-corrected chi connectivity index (χ1v) is 5.59. The highest BCUT2D eigenvalue weighted by Crippen LogP contribution is 2.12. The number of ether oxygens (including phenoxy) is 1. The number of benzene rings is 1. The van der Waals surface area contributed by atoms with Crippen LogP contribution in [0, 0.1) is 0 Å². The number of nitrogens with two attached hydrogens (primary N) is 1. The molecule has 0 radical (unpaired) electrons. The van der Waals surface area contributed by atoms with E-state index in [9.17, 15) is 4.79 Å². The van der Waals surface area contributed by atoms with Gasteiger partial charge in [-0.3, -0.25) is 4.79 Å².